The van der Waals surface area contributed by atoms with E-state index in [1.165, 1.54) is 11.1 Å². The van der Waals surface area contributed by atoms with E-state index in [9.17, 15) is 18.3 Å². The van der Waals surface area contributed by atoms with E-state index in [0.717, 1.165) is 49.4 Å². The molecule has 2 heterocycles. The van der Waals surface area contributed by atoms with Gasteiger partial charge in [-0.3, -0.25) is 4.79 Å². The average molecular weight is 585 g/mol. The monoisotopic (exact) mass is 584 g/mol. The molecule has 1 fully saturated rings. The number of nitrogens with zero attached hydrogens (tertiary/aromatic N) is 1. The van der Waals surface area contributed by atoms with Gasteiger partial charge in [0.05, 0.1) is 23.6 Å². The summed E-state index contributed by atoms with van der Waals surface area (Å²) in [6, 6.07) is 11.4. The van der Waals surface area contributed by atoms with Crippen molar-refractivity contribution < 1.29 is 23.1 Å². The number of aryl methyl sites for hydroxylation is 1. The van der Waals surface area contributed by atoms with Gasteiger partial charge in [0.2, 0.25) is 10.0 Å². The number of benzene rings is 2. The number of hydrogen-bond acceptors (Lipinski definition) is 6. The summed E-state index contributed by atoms with van der Waals surface area (Å²) in [6.45, 7) is 3.52. The lowest BCUT2D eigenvalue weighted by atomic mass is 9.68. The van der Waals surface area contributed by atoms with Crippen LogP contribution >= 0.6 is 11.6 Å². The predicted octanol–water partition coefficient (Wildman–Crippen LogP) is 5.00. The lowest BCUT2D eigenvalue weighted by Gasteiger charge is -2.45. The highest BCUT2D eigenvalue weighted by molar-refractivity contribution is 7.90. The Morgan fingerprint density at radius 2 is 2.00 bits per heavy atom. The van der Waals surface area contributed by atoms with E-state index in [0.29, 0.717) is 37.7 Å². The van der Waals surface area contributed by atoms with Gasteiger partial charge >= 0.3 is 0 Å². The second-order valence-corrected chi connectivity index (χ2v) is 14.6. The Hall–Kier alpha value is -2.55. The zero-order chi connectivity index (χ0) is 28.1. The third-order valence-electron chi connectivity index (χ3n) is 9.51. The van der Waals surface area contributed by atoms with Crippen molar-refractivity contribution in [1.82, 2.24) is 4.72 Å². The van der Waals surface area contributed by atoms with Crippen LogP contribution in [0.25, 0.3) is 0 Å². The normalized spacial score (nSPS) is 32.5. The lowest BCUT2D eigenvalue weighted by Crippen LogP contribution is -2.49. The van der Waals surface area contributed by atoms with Crippen LogP contribution in [-0.4, -0.2) is 50.5 Å². The summed E-state index contributed by atoms with van der Waals surface area (Å²) < 4.78 is 34.6. The Balaban J connectivity index is 1.42. The van der Waals surface area contributed by atoms with Crippen LogP contribution < -0.4 is 14.4 Å². The topological polar surface area (TPSA) is 95.9 Å². The van der Waals surface area contributed by atoms with Crippen molar-refractivity contribution in [3.63, 3.8) is 0 Å². The molecule has 0 unspecified atom stereocenters. The molecule has 7 nitrogen and oxygen atoms in total. The van der Waals surface area contributed by atoms with Crippen molar-refractivity contribution in [2.75, 3.05) is 24.6 Å². The molecule has 1 saturated carbocycles. The molecule has 40 heavy (non-hydrogen) atoms. The largest absolute Gasteiger partial charge is 0.490 e. The number of halogens is 1. The molecule has 214 valence electrons. The number of anilines is 1. The number of amides is 1. The van der Waals surface area contributed by atoms with Gasteiger partial charge in [0.1, 0.15) is 5.75 Å². The highest BCUT2D eigenvalue weighted by Crippen LogP contribution is 2.46. The number of ether oxygens (including phenoxy) is 1. The fraction of sp³-hybridized carbons (Fsp3) is 0.516. The number of carbonyl (C=O) groups excluding carboxylic acids is 1. The third-order valence-corrected chi connectivity index (χ3v) is 11.5. The van der Waals surface area contributed by atoms with E-state index >= 15 is 0 Å². The fourth-order valence-corrected chi connectivity index (χ4v) is 8.18. The van der Waals surface area contributed by atoms with Gasteiger partial charge in [0.15, 0.2) is 0 Å². The van der Waals surface area contributed by atoms with Crippen molar-refractivity contribution in [3.05, 3.63) is 70.3 Å². The minimum atomic E-state index is -3.86. The van der Waals surface area contributed by atoms with Crippen LogP contribution in [0, 0.1) is 11.8 Å². The number of sulfonamides is 1. The standard InChI is InChI=1S/C31H37ClN2O5S/c1-20-5-2-3-7-28(35)25-11-8-23(25)17-34-18-31(14-4-6-21-15-24(32)10-12-26(21)31)19-39-29-13-9-22(16-27(29)34)30(36)33-40(20,37)38/h3,7,9-10,12-13,15-16,20,23,25,28,35H,2,4-6,8,11,14,17-19H2,1H3,(H,33,36)/b7-3+/t20-,23-,25+,28+,31-/m0/s1. The molecule has 9 heteroatoms. The predicted molar refractivity (Wildman–Crippen MR) is 157 cm³/mol. The van der Waals surface area contributed by atoms with E-state index < -0.39 is 27.3 Å². The molecule has 6 rings (SSSR count). The van der Waals surface area contributed by atoms with Crippen molar-refractivity contribution >= 4 is 33.2 Å². The number of rotatable bonds is 0. The number of fused-ring (bicyclic) bond motifs is 4. The molecular formula is C31H37ClN2O5S. The van der Waals surface area contributed by atoms with E-state index in [-0.39, 0.29) is 16.9 Å². The molecule has 0 saturated heterocycles. The highest BCUT2D eigenvalue weighted by atomic mass is 35.5. The molecule has 1 spiro atoms. The van der Waals surface area contributed by atoms with Gasteiger partial charge in [0.25, 0.3) is 5.91 Å². The molecule has 2 N–H and O–H groups in total. The van der Waals surface area contributed by atoms with Gasteiger partial charge in [-0.05, 0) is 105 Å². The van der Waals surface area contributed by atoms with Crippen LogP contribution in [0.1, 0.15) is 66.9 Å². The minimum Gasteiger partial charge on any atom is -0.490 e. The molecule has 2 aromatic rings. The summed E-state index contributed by atoms with van der Waals surface area (Å²) in [5, 5.41) is 11.0. The van der Waals surface area contributed by atoms with Crippen LogP contribution in [0.3, 0.4) is 0 Å². The Labute approximate surface area is 241 Å². The minimum absolute atomic E-state index is 0.137. The van der Waals surface area contributed by atoms with Crippen molar-refractivity contribution in [2.24, 2.45) is 11.8 Å². The van der Waals surface area contributed by atoms with Gasteiger partial charge in [-0.15, -0.1) is 0 Å². The molecule has 1 amide bonds. The average Bonchev–Trinajstić information content (AvgIpc) is 3.05. The van der Waals surface area contributed by atoms with Crippen molar-refractivity contribution in [1.29, 1.82) is 0 Å². The Morgan fingerprint density at radius 3 is 2.80 bits per heavy atom. The SMILES string of the molecule is C[C@H]1CC/C=C/[C@@H](O)[C@@H]2CC[C@H]2CN2C[C@@]3(CCCc4cc(Cl)ccc43)COc3ccc(cc32)C(=O)NS1(=O)=O. The highest BCUT2D eigenvalue weighted by Gasteiger charge is 2.44. The summed E-state index contributed by atoms with van der Waals surface area (Å²) in [5.41, 5.74) is 3.33. The van der Waals surface area contributed by atoms with E-state index in [1.54, 1.807) is 25.1 Å². The molecule has 5 atom stereocenters. The first kappa shape index (κ1) is 27.6. The van der Waals surface area contributed by atoms with Gasteiger partial charge in [-0.1, -0.05) is 29.8 Å². The first-order valence-corrected chi connectivity index (χ1v) is 16.3. The first-order valence-electron chi connectivity index (χ1n) is 14.4. The smallest absolute Gasteiger partial charge is 0.264 e. The second-order valence-electron chi connectivity index (χ2n) is 12.1. The molecule has 2 aromatic carbocycles. The zero-order valence-corrected chi connectivity index (χ0v) is 24.4. The maximum absolute atomic E-state index is 13.2. The Morgan fingerprint density at radius 1 is 1.15 bits per heavy atom. The molecule has 2 aliphatic carbocycles. The zero-order valence-electron chi connectivity index (χ0n) is 22.8. The first-order chi connectivity index (χ1) is 19.1. The van der Waals surface area contributed by atoms with Crippen molar-refractivity contribution in [2.45, 2.75) is 68.6 Å². The van der Waals surface area contributed by atoms with Gasteiger partial charge < -0.3 is 14.7 Å². The molecular weight excluding hydrogens is 548 g/mol. The Kier molecular flexibility index (Phi) is 7.38. The van der Waals surface area contributed by atoms with E-state index in [1.807, 2.05) is 18.2 Å². The molecule has 2 bridgehead atoms. The molecule has 0 radical (unpaired) electrons. The summed E-state index contributed by atoms with van der Waals surface area (Å²) in [5.74, 6) is 0.479. The summed E-state index contributed by atoms with van der Waals surface area (Å²) in [4.78, 5) is 15.5. The molecule has 4 aliphatic rings. The van der Waals surface area contributed by atoms with Crippen LogP contribution in [-0.2, 0) is 21.9 Å². The number of allylic oxidation sites excluding steroid dienone is 1. The quantitative estimate of drug-likeness (QED) is 0.423. The number of carbonyl (C=O) groups is 1. The molecule has 2 aliphatic heterocycles. The van der Waals surface area contributed by atoms with Crippen LogP contribution in [0.4, 0.5) is 5.69 Å². The maximum atomic E-state index is 13.2. The second kappa shape index (κ2) is 10.7. The van der Waals surface area contributed by atoms with E-state index in [4.69, 9.17) is 16.3 Å². The summed E-state index contributed by atoms with van der Waals surface area (Å²) in [7, 11) is -3.86. The number of hydrogen-bond donors (Lipinski definition) is 2. The number of aliphatic hydroxyl groups excluding tert-OH is 1. The van der Waals surface area contributed by atoms with Crippen LogP contribution in [0.15, 0.2) is 48.6 Å². The summed E-state index contributed by atoms with van der Waals surface area (Å²) >= 11 is 6.37. The lowest BCUT2D eigenvalue weighted by molar-refractivity contribution is 0.0456. The van der Waals surface area contributed by atoms with Crippen molar-refractivity contribution in [3.8, 4) is 5.75 Å². The van der Waals surface area contributed by atoms with Crippen LogP contribution in [0.5, 0.6) is 5.75 Å². The maximum Gasteiger partial charge on any atom is 0.264 e. The summed E-state index contributed by atoms with van der Waals surface area (Å²) in [6.07, 6.45) is 8.95. The third kappa shape index (κ3) is 5.14. The van der Waals surface area contributed by atoms with E-state index in [2.05, 4.69) is 21.8 Å². The molecule has 0 aromatic heterocycles. The number of aliphatic hydroxyl groups is 1. The van der Waals surface area contributed by atoms with Gasteiger partial charge in [-0.2, -0.15) is 0 Å². The van der Waals surface area contributed by atoms with Gasteiger partial charge in [-0.25, -0.2) is 13.1 Å². The Bertz CT molecular complexity index is 1440. The fourth-order valence-electron chi connectivity index (χ4n) is 6.96. The van der Waals surface area contributed by atoms with Crippen LogP contribution in [0.2, 0.25) is 5.02 Å². The number of nitrogens with one attached hydrogen (secondary N) is 1. The van der Waals surface area contributed by atoms with Gasteiger partial charge in [0, 0.05) is 29.1 Å².